The van der Waals surface area contributed by atoms with E-state index in [0.717, 1.165) is 32.0 Å². The molecule has 0 aromatic rings. The van der Waals surface area contributed by atoms with Crippen LogP contribution >= 0.6 is 0 Å². The van der Waals surface area contributed by atoms with Crippen molar-refractivity contribution in [2.45, 2.75) is 50.6 Å². The number of hydrogen-bond donors (Lipinski definition) is 1. The fourth-order valence-electron chi connectivity index (χ4n) is 2.90. The van der Waals surface area contributed by atoms with Crippen LogP contribution < -0.4 is 5.32 Å². The van der Waals surface area contributed by atoms with Crippen LogP contribution in [0.2, 0.25) is 0 Å². The number of rotatable bonds is 2. The first kappa shape index (κ1) is 11.7. The molecule has 1 saturated heterocycles. The van der Waals surface area contributed by atoms with Gasteiger partial charge in [0.2, 0.25) is 0 Å². The van der Waals surface area contributed by atoms with Crippen molar-refractivity contribution in [2.24, 2.45) is 0 Å². The molecule has 2 fully saturated rings. The second-order valence-corrected chi connectivity index (χ2v) is 4.88. The molecular weight excluding hydrogens is 204 g/mol. The molecule has 0 aromatic heterocycles. The van der Waals surface area contributed by atoms with Crippen LogP contribution in [-0.4, -0.2) is 43.3 Å². The highest BCUT2D eigenvalue weighted by atomic mass is 16.5. The summed E-state index contributed by atoms with van der Waals surface area (Å²) in [6, 6.07) is 1.13. The zero-order valence-electron chi connectivity index (χ0n) is 10.1. The first-order valence-corrected chi connectivity index (χ1v) is 6.38. The maximum Gasteiger partial charge on any atom is 0.407 e. The second kappa shape index (κ2) is 5.53. The van der Waals surface area contributed by atoms with Crippen LogP contribution in [-0.2, 0) is 4.74 Å². The first-order chi connectivity index (χ1) is 7.79. The topological polar surface area (TPSA) is 41.6 Å². The molecule has 16 heavy (non-hydrogen) atoms. The van der Waals surface area contributed by atoms with Crippen molar-refractivity contribution >= 4 is 6.09 Å². The molecule has 1 aliphatic carbocycles. The molecule has 92 valence electrons. The summed E-state index contributed by atoms with van der Waals surface area (Å²) < 4.78 is 4.62. The summed E-state index contributed by atoms with van der Waals surface area (Å²) in [5.41, 5.74) is 0. The number of amides is 1. The van der Waals surface area contributed by atoms with Crippen molar-refractivity contribution in [3.05, 3.63) is 0 Å². The third-order valence-corrected chi connectivity index (χ3v) is 3.88. The molecule has 1 heterocycles. The Morgan fingerprint density at radius 3 is 2.38 bits per heavy atom. The minimum atomic E-state index is -0.292. The highest BCUT2D eigenvalue weighted by molar-refractivity contribution is 5.67. The number of carbonyl (C=O) groups excluding carboxylic acids is 1. The van der Waals surface area contributed by atoms with E-state index >= 15 is 0 Å². The Hall–Kier alpha value is -0.770. The number of nitrogens with zero attached hydrogens (tertiary/aromatic N) is 1. The molecule has 4 nitrogen and oxygen atoms in total. The molecule has 1 N–H and O–H groups in total. The summed E-state index contributed by atoms with van der Waals surface area (Å²) in [5, 5.41) is 2.89. The van der Waals surface area contributed by atoms with E-state index in [2.05, 4.69) is 15.0 Å². The van der Waals surface area contributed by atoms with Gasteiger partial charge in [-0.15, -0.1) is 0 Å². The number of alkyl carbamates (subject to hydrolysis) is 1. The lowest BCUT2D eigenvalue weighted by Gasteiger charge is -2.35. The standard InChI is InChI=1S/C12H22N2O2/c1-16-12(15)13-10-6-8-14(9-7-10)11-4-2-3-5-11/h10-11H,2-9H2,1H3,(H,13,15). The van der Waals surface area contributed by atoms with E-state index in [-0.39, 0.29) is 6.09 Å². The lowest BCUT2D eigenvalue weighted by Crippen LogP contribution is -2.47. The van der Waals surface area contributed by atoms with E-state index in [9.17, 15) is 4.79 Å². The van der Waals surface area contributed by atoms with E-state index in [1.807, 2.05) is 0 Å². The average Bonchev–Trinajstić information content (AvgIpc) is 2.83. The van der Waals surface area contributed by atoms with Crippen molar-refractivity contribution < 1.29 is 9.53 Å². The van der Waals surface area contributed by atoms with Gasteiger partial charge in [0.1, 0.15) is 0 Å². The number of carbonyl (C=O) groups is 1. The highest BCUT2D eigenvalue weighted by Gasteiger charge is 2.27. The van der Waals surface area contributed by atoms with Crippen LogP contribution in [0.1, 0.15) is 38.5 Å². The SMILES string of the molecule is COC(=O)NC1CCN(C2CCCC2)CC1. The van der Waals surface area contributed by atoms with E-state index in [0.29, 0.717) is 6.04 Å². The van der Waals surface area contributed by atoms with Crippen LogP contribution in [0.15, 0.2) is 0 Å². The summed E-state index contributed by atoms with van der Waals surface area (Å²) in [4.78, 5) is 13.7. The molecule has 4 heteroatoms. The molecular formula is C12H22N2O2. The Balaban J connectivity index is 1.71. The average molecular weight is 226 g/mol. The van der Waals surface area contributed by atoms with Gasteiger partial charge in [0, 0.05) is 25.2 Å². The van der Waals surface area contributed by atoms with Crippen molar-refractivity contribution in [1.29, 1.82) is 0 Å². The monoisotopic (exact) mass is 226 g/mol. The van der Waals surface area contributed by atoms with Gasteiger partial charge in [-0.25, -0.2) is 4.79 Å². The van der Waals surface area contributed by atoms with Crippen molar-refractivity contribution in [3.63, 3.8) is 0 Å². The summed E-state index contributed by atoms with van der Waals surface area (Å²) in [6.45, 7) is 2.25. The smallest absolute Gasteiger partial charge is 0.407 e. The van der Waals surface area contributed by atoms with Gasteiger partial charge in [0.05, 0.1) is 7.11 Å². The van der Waals surface area contributed by atoms with Crippen LogP contribution in [0, 0.1) is 0 Å². The Bertz CT molecular complexity index is 231. The van der Waals surface area contributed by atoms with Gasteiger partial charge in [0.15, 0.2) is 0 Å². The molecule has 1 saturated carbocycles. The number of hydrogen-bond acceptors (Lipinski definition) is 3. The number of ether oxygens (including phenoxy) is 1. The van der Waals surface area contributed by atoms with Crippen molar-refractivity contribution in [3.8, 4) is 0 Å². The van der Waals surface area contributed by atoms with E-state index < -0.39 is 0 Å². The molecule has 0 radical (unpaired) electrons. The number of piperidine rings is 1. The lowest BCUT2D eigenvalue weighted by molar-refractivity contribution is 0.131. The van der Waals surface area contributed by atoms with E-state index in [1.165, 1.54) is 32.8 Å². The van der Waals surface area contributed by atoms with E-state index in [1.54, 1.807) is 0 Å². The number of nitrogens with one attached hydrogen (secondary N) is 1. The van der Waals surface area contributed by atoms with Crippen molar-refractivity contribution in [1.82, 2.24) is 10.2 Å². The van der Waals surface area contributed by atoms with Gasteiger partial charge in [0.25, 0.3) is 0 Å². The first-order valence-electron chi connectivity index (χ1n) is 6.38. The zero-order chi connectivity index (χ0) is 11.4. The molecule has 0 spiro atoms. The normalized spacial score (nSPS) is 24.6. The molecule has 0 bridgehead atoms. The Labute approximate surface area is 97.3 Å². The van der Waals surface area contributed by atoms with Gasteiger partial charge in [-0.05, 0) is 25.7 Å². The maximum absolute atomic E-state index is 11.1. The van der Waals surface area contributed by atoms with Gasteiger partial charge in [-0.1, -0.05) is 12.8 Å². The predicted octanol–water partition coefficient (Wildman–Crippen LogP) is 1.75. The summed E-state index contributed by atoms with van der Waals surface area (Å²) in [6.07, 6.45) is 7.36. The molecule has 0 unspecified atom stereocenters. The molecule has 0 atom stereocenters. The van der Waals surface area contributed by atoms with Gasteiger partial charge in [-0.2, -0.15) is 0 Å². The fraction of sp³-hybridized carbons (Fsp3) is 0.917. The van der Waals surface area contributed by atoms with Gasteiger partial charge >= 0.3 is 6.09 Å². The highest BCUT2D eigenvalue weighted by Crippen LogP contribution is 2.26. The second-order valence-electron chi connectivity index (χ2n) is 4.88. The summed E-state index contributed by atoms with van der Waals surface area (Å²) >= 11 is 0. The summed E-state index contributed by atoms with van der Waals surface area (Å²) in [7, 11) is 1.42. The Kier molecular flexibility index (Phi) is 4.04. The van der Waals surface area contributed by atoms with Crippen LogP contribution in [0.4, 0.5) is 4.79 Å². The van der Waals surface area contributed by atoms with Crippen LogP contribution in [0.25, 0.3) is 0 Å². The fourth-order valence-corrected chi connectivity index (χ4v) is 2.90. The minimum absolute atomic E-state index is 0.292. The third kappa shape index (κ3) is 2.88. The Morgan fingerprint density at radius 1 is 1.19 bits per heavy atom. The summed E-state index contributed by atoms with van der Waals surface area (Å²) in [5.74, 6) is 0. The molecule has 2 rings (SSSR count). The molecule has 1 amide bonds. The Morgan fingerprint density at radius 2 is 1.81 bits per heavy atom. The van der Waals surface area contributed by atoms with Gasteiger partial charge < -0.3 is 15.0 Å². The minimum Gasteiger partial charge on any atom is -0.453 e. The molecule has 2 aliphatic rings. The lowest BCUT2D eigenvalue weighted by atomic mass is 10.0. The predicted molar refractivity (Wildman–Crippen MR) is 62.4 cm³/mol. The van der Waals surface area contributed by atoms with Crippen molar-refractivity contribution in [2.75, 3.05) is 20.2 Å². The number of methoxy groups -OCH3 is 1. The quantitative estimate of drug-likeness (QED) is 0.780. The molecule has 1 aliphatic heterocycles. The van der Waals surface area contributed by atoms with E-state index in [4.69, 9.17) is 0 Å². The van der Waals surface area contributed by atoms with Gasteiger partial charge in [-0.3, -0.25) is 0 Å². The zero-order valence-corrected chi connectivity index (χ0v) is 10.1. The third-order valence-electron chi connectivity index (χ3n) is 3.88. The maximum atomic E-state index is 11.1. The molecule has 0 aromatic carbocycles. The largest absolute Gasteiger partial charge is 0.453 e. The van der Waals surface area contributed by atoms with Crippen LogP contribution in [0.3, 0.4) is 0 Å². The van der Waals surface area contributed by atoms with Crippen LogP contribution in [0.5, 0.6) is 0 Å². The number of likely N-dealkylation sites (tertiary alicyclic amines) is 1.